The van der Waals surface area contributed by atoms with Crippen LogP contribution < -0.4 is 9.47 Å². The number of ether oxygens (including phenoxy) is 2. The molecule has 0 radical (unpaired) electrons. The Morgan fingerprint density at radius 1 is 1.17 bits per heavy atom. The molecule has 0 saturated carbocycles. The predicted octanol–water partition coefficient (Wildman–Crippen LogP) is 2.61. The lowest BCUT2D eigenvalue weighted by molar-refractivity contribution is -0.274. The molecule has 0 aliphatic rings. The van der Waals surface area contributed by atoms with Crippen molar-refractivity contribution >= 4 is 12.6 Å². The summed E-state index contributed by atoms with van der Waals surface area (Å²) in [4.78, 5) is 21.4. The van der Waals surface area contributed by atoms with Crippen LogP contribution in [0.25, 0.3) is 0 Å². The van der Waals surface area contributed by atoms with Gasteiger partial charge in [0, 0.05) is 5.56 Å². The molecule has 0 saturated heterocycles. The lowest BCUT2D eigenvalue weighted by atomic mass is 10.1. The van der Waals surface area contributed by atoms with Gasteiger partial charge in [-0.3, -0.25) is 9.59 Å². The van der Waals surface area contributed by atoms with Crippen LogP contribution in [-0.4, -0.2) is 25.5 Å². The summed E-state index contributed by atoms with van der Waals surface area (Å²) in [5.41, 5.74) is -0.469. The van der Waals surface area contributed by atoms with E-state index in [0.29, 0.717) is 6.29 Å². The van der Waals surface area contributed by atoms with Gasteiger partial charge in [0.15, 0.2) is 6.29 Å². The highest BCUT2D eigenvalue weighted by molar-refractivity contribution is 5.87. The van der Waals surface area contributed by atoms with Gasteiger partial charge in [-0.15, -0.1) is 13.2 Å². The maximum absolute atomic E-state index is 12.1. The first kappa shape index (κ1) is 14.0. The van der Waals surface area contributed by atoms with Crippen molar-refractivity contribution in [3.63, 3.8) is 0 Å². The zero-order valence-electron chi connectivity index (χ0n) is 9.28. The topological polar surface area (TPSA) is 52.6 Å². The Labute approximate surface area is 100 Å². The Hall–Kier alpha value is -2.05. The summed E-state index contributed by atoms with van der Waals surface area (Å²) in [6.45, 7) is 1.72. The standard InChI is InChI=1S/C11H9F3O4/c1-2-17-9-3-7(5-15)4-10(8(9)6-16)18-11(12,13)14/h3-6H,2H2,1H3. The first-order chi connectivity index (χ1) is 8.41. The van der Waals surface area contributed by atoms with Crippen molar-refractivity contribution in [1.29, 1.82) is 0 Å². The molecule has 18 heavy (non-hydrogen) atoms. The fraction of sp³-hybridized carbons (Fsp3) is 0.273. The molecular formula is C11H9F3O4. The number of carbonyl (C=O) groups is 2. The summed E-state index contributed by atoms with van der Waals surface area (Å²) in [7, 11) is 0. The predicted molar refractivity (Wildman–Crippen MR) is 55.1 cm³/mol. The van der Waals surface area contributed by atoms with Gasteiger partial charge < -0.3 is 9.47 Å². The second-order valence-corrected chi connectivity index (χ2v) is 3.15. The van der Waals surface area contributed by atoms with Crippen LogP contribution in [0.15, 0.2) is 12.1 Å². The Bertz CT molecular complexity index is 454. The quantitative estimate of drug-likeness (QED) is 0.765. The fourth-order valence-corrected chi connectivity index (χ4v) is 1.29. The van der Waals surface area contributed by atoms with Gasteiger partial charge in [-0.2, -0.15) is 0 Å². The molecule has 0 aliphatic carbocycles. The molecule has 0 amide bonds. The van der Waals surface area contributed by atoms with Gasteiger partial charge in [0.1, 0.15) is 17.8 Å². The fourth-order valence-electron chi connectivity index (χ4n) is 1.29. The van der Waals surface area contributed by atoms with Crippen molar-refractivity contribution in [3.8, 4) is 11.5 Å². The summed E-state index contributed by atoms with van der Waals surface area (Å²) in [5, 5.41) is 0. The Morgan fingerprint density at radius 2 is 1.78 bits per heavy atom. The van der Waals surface area contributed by atoms with E-state index in [2.05, 4.69) is 4.74 Å². The molecule has 0 aliphatic heterocycles. The Balaban J connectivity index is 3.32. The first-order valence-electron chi connectivity index (χ1n) is 4.88. The molecule has 4 nitrogen and oxygen atoms in total. The number of rotatable bonds is 5. The van der Waals surface area contributed by atoms with E-state index in [1.165, 1.54) is 6.07 Å². The van der Waals surface area contributed by atoms with E-state index >= 15 is 0 Å². The number of benzene rings is 1. The van der Waals surface area contributed by atoms with Crippen LogP contribution in [0.4, 0.5) is 13.2 Å². The summed E-state index contributed by atoms with van der Waals surface area (Å²) in [5.74, 6) is -0.887. The van der Waals surface area contributed by atoms with Crippen LogP contribution in [0.3, 0.4) is 0 Å². The number of hydrogen-bond acceptors (Lipinski definition) is 4. The minimum absolute atomic E-state index is 0.0803. The van der Waals surface area contributed by atoms with E-state index in [0.717, 1.165) is 6.07 Å². The van der Waals surface area contributed by atoms with Crippen molar-refractivity contribution in [1.82, 2.24) is 0 Å². The van der Waals surface area contributed by atoms with Crippen LogP contribution in [0.2, 0.25) is 0 Å². The average molecular weight is 262 g/mol. The lowest BCUT2D eigenvalue weighted by Crippen LogP contribution is -2.18. The van der Waals surface area contributed by atoms with Crippen LogP contribution in [-0.2, 0) is 0 Å². The molecular weight excluding hydrogens is 253 g/mol. The van der Waals surface area contributed by atoms with Gasteiger partial charge in [-0.1, -0.05) is 0 Å². The van der Waals surface area contributed by atoms with Crippen molar-refractivity contribution in [2.24, 2.45) is 0 Å². The Morgan fingerprint density at radius 3 is 2.22 bits per heavy atom. The molecule has 0 atom stereocenters. The number of halogens is 3. The molecule has 7 heteroatoms. The monoisotopic (exact) mass is 262 g/mol. The highest BCUT2D eigenvalue weighted by atomic mass is 19.4. The first-order valence-corrected chi connectivity index (χ1v) is 4.88. The molecule has 0 spiro atoms. The van der Waals surface area contributed by atoms with E-state index in [4.69, 9.17) is 4.74 Å². The summed E-state index contributed by atoms with van der Waals surface area (Å²) in [6, 6.07) is 2.00. The summed E-state index contributed by atoms with van der Waals surface area (Å²) in [6.07, 6.45) is -4.44. The minimum atomic E-state index is -4.96. The molecule has 1 rings (SSSR count). The smallest absolute Gasteiger partial charge is 0.493 e. The molecule has 0 fully saturated rings. The highest BCUT2D eigenvalue weighted by Gasteiger charge is 2.33. The number of hydrogen-bond donors (Lipinski definition) is 0. The van der Waals surface area contributed by atoms with Gasteiger partial charge >= 0.3 is 6.36 Å². The number of aldehydes is 2. The van der Waals surface area contributed by atoms with Crippen molar-refractivity contribution < 1.29 is 32.2 Å². The molecule has 0 N–H and O–H groups in total. The van der Waals surface area contributed by atoms with E-state index in [1.54, 1.807) is 6.92 Å². The second-order valence-electron chi connectivity index (χ2n) is 3.15. The van der Waals surface area contributed by atoms with Gasteiger partial charge in [0.05, 0.1) is 12.2 Å². The molecule has 1 aromatic rings. The van der Waals surface area contributed by atoms with E-state index in [-0.39, 0.29) is 29.8 Å². The molecule has 0 heterocycles. The van der Waals surface area contributed by atoms with Gasteiger partial charge in [0.2, 0.25) is 0 Å². The van der Waals surface area contributed by atoms with Crippen molar-refractivity contribution in [3.05, 3.63) is 23.3 Å². The summed E-state index contributed by atoms with van der Waals surface area (Å²) < 4.78 is 45.1. The van der Waals surface area contributed by atoms with E-state index in [1.807, 2.05) is 0 Å². The normalized spacial score (nSPS) is 10.9. The van der Waals surface area contributed by atoms with Gasteiger partial charge in [-0.05, 0) is 19.1 Å². The summed E-state index contributed by atoms with van der Waals surface area (Å²) >= 11 is 0. The van der Waals surface area contributed by atoms with Gasteiger partial charge in [-0.25, -0.2) is 0 Å². The molecule has 1 aromatic carbocycles. The largest absolute Gasteiger partial charge is 0.573 e. The van der Waals surface area contributed by atoms with Crippen LogP contribution in [0.5, 0.6) is 11.5 Å². The zero-order valence-corrected chi connectivity index (χ0v) is 9.28. The van der Waals surface area contributed by atoms with E-state index < -0.39 is 12.1 Å². The van der Waals surface area contributed by atoms with Crippen LogP contribution in [0.1, 0.15) is 27.6 Å². The number of alkyl halides is 3. The minimum Gasteiger partial charge on any atom is -0.493 e. The van der Waals surface area contributed by atoms with Crippen LogP contribution >= 0.6 is 0 Å². The molecule has 0 unspecified atom stereocenters. The maximum Gasteiger partial charge on any atom is 0.573 e. The Kier molecular flexibility index (Phi) is 4.30. The molecule has 0 bridgehead atoms. The lowest BCUT2D eigenvalue weighted by Gasteiger charge is -2.14. The third kappa shape index (κ3) is 3.47. The SMILES string of the molecule is CCOc1cc(C=O)cc(OC(F)(F)F)c1C=O. The number of carbonyl (C=O) groups excluding carboxylic acids is 2. The molecule has 98 valence electrons. The zero-order chi connectivity index (χ0) is 13.8. The highest BCUT2D eigenvalue weighted by Crippen LogP contribution is 2.32. The maximum atomic E-state index is 12.1. The average Bonchev–Trinajstić information content (AvgIpc) is 2.27. The van der Waals surface area contributed by atoms with Crippen LogP contribution in [0, 0.1) is 0 Å². The van der Waals surface area contributed by atoms with Crippen molar-refractivity contribution in [2.75, 3.05) is 6.61 Å². The third-order valence-electron chi connectivity index (χ3n) is 1.91. The second kappa shape index (κ2) is 5.52. The molecule has 0 aromatic heterocycles. The van der Waals surface area contributed by atoms with Gasteiger partial charge in [0.25, 0.3) is 0 Å². The van der Waals surface area contributed by atoms with E-state index in [9.17, 15) is 22.8 Å². The third-order valence-corrected chi connectivity index (χ3v) is 1.91. The van der Waals surface area contributed by atoms with Crippen molar-refractivity contribution in [2.45, 2.75) is 13.3 Å².